The van der Waals surface area contributed by atoms with Crippen molar-refractivity contribution >= 4 is 15.4 Å². The Labute approximate surface area is 141 Å². The van der Waals surface area contributed by atoms with E-state index in [-0.39, 0.29) is 0 Å². The second kappa shape index (κ2) is 5.96. The molecule has 2 unspecified atom stereocenters. The molecule has 25 heavy (non-hydrogen) atoms. The molecular formula is C16H15F5O3S. The van der Waals surface area contributed by atoms with Crippen LogP contribution in [0.5, 0.6) is 5.75 Å². The molecule has 3 rings (SSSR count). The fourth-order valence-electron chi connectivity index (χ4n) is 3.21. The Kier molecular flexibility index (Phi) is 4.33. The summed E-state index contributed by atoms with van der Waals surface area (Å²) in [5.41, 5.74) is 1.35. The van der Waals surface area contributed by atoms with Gasteiger partial charge in [-0.3, -0.25) is 0 Å². The summed E-state index contributed by atoms with van der Waals surface area (Å²) in [6, 6.07) is 4.77. The molecule has 2 aliphatic rings. The minimum atomic E-state index is -5.80. The summed E-state index contributed by atoms with van der Waals surface area (Å²) >= 11 is 0. The highest BCUT2D eigenvalue weighted by atomic mass is 32.2. The number of hydrogen-bond acceptors (Lipinski definition) is 3. The highest BCUT2D eigenvalue weighted by Gasteiger charge is 2.61. The van der Waals surface area contributed by atoms with Gasteiger partial charge in [0.25, 0.3) is 0 Å². The Bertz CT molecular complexity index is 781. The monoisotopic (exact) mass is 382 g/mol. The van der Waals surface area contributed by atoms with Crippen molar-refractivity contribution in [2.45, 2.75) is 48.5 Å². The SMILES string of the molecule is O=S1(=O)C2C=C(c3ccc(OC(F)(F)C(F)(F)F)cc3)CC1CCC2. The van der Waals surface area contributed by atoms with E-state index in [2.05, 4.69) is 4.74 Å². The third-order valence-corrected chi connectivity index (χ3v) is 7.08. The molecule has 138 valence electrons. The van der Waals surface area contributed by atoms with Gasteiger partial charge in [-0.1, -0.05) is 24.6 Å². The first-order valence-corrected chi connectivity index (χ1v) is 9.29. The van der Waals surface area contributed by atoms with Gasteiger partial charge in [0, 0.05) is 0 Å². The molecular weight excluding hydrogens is 367 g/mol. The van der Waals surface area contributed by atoms with Gasteiger partial charge in [0.2, 0.25) is 0 Å². The van der Waals surface area contributed by atoms with Crippen LogP contribution in [-0.2, 0) is 9.84 Å². The summed E-state index contributed by atoms with van der Waals surface area (Å²) in [5.74, 6) is -0.615. The number of benzene rings is 1. The Morgan fingerprint density at radius 2 is 1.64 bits per heavy atom. The number of hydrogen-bond donors (Lipinski definition) is 0. The zero-order valence-electron chi connectivity index (χ0n) is 12.9. The van der Waals surface area contributed by atoms with E-state index >= 15 is 0 Å². The summed E-state index contributed by atoms with van der Waals surface area (Å²) in [4.78, 5) is 0. The Morgan fingerprint density at radius 3 is 2.20 bits per heavy atom. The van der Waals surface area contributed by atoms with E-state index in [4.69, 9.17) is 0 Å². The number of allylic oxidation sites excluding steroid dienone is 1. The first-order valence-electron chi connectivity index (χ1n) is 7.68. The van der Waals surface area contributed by atoms with E-state index in [0.717, 1.165) is 24.1 Å². The molecule has 2 aliphatic heterocycles. The van der Waals surface area contributed by atoms with Gasteiger partial charge in [-0.25, -0.2) is 8.42 Å². The lowest BCUT2D eigenvalue weighted by Gasteiger charge is -2.33. The third kappa shape index (κ3) is 3.38. The van der Waals surface area contributed by atoms with Crippen molar-refractivity contribution in [1.29, 1.82) is 0 Å². The van der Waals surface area contributed by atoms with Crippen molar-refractivity contribution in [2.75, 3.05) is 0 Å². The van der Waals surface area contributed by atoms with Gasteiger partial charge >= 0.3 is 12.3 Å². The predicted octanol–water partition coefficient (Wildman–Crippen LogP) is 4.34. The Hall–Kier alpha value is -1.64. The lowest BCUT2D eigenvalue weighted by Crippen LogP contribution is -2.41. The van der Waals surface area contributed by atoms with Crippen molar-refractivity contribution < 1.29 is 35.1 Å². The zero-order chi connectivity index (χ0) is 18.5. The molecule has 1 saturated heterocycles. The number of halogens is 5. The van der Waals surface area contributed by atoms with E-state index in [9.17, 15) is 30.4 Å². The van der Waals surface area contributed by atoms with Crippen molar-refractivity contribution in [3.8, 4) is 5.75 Å². The molecule has 0 amide bonds. The van der Waals surface area contributed by atoms with Crippen LogP contribution in [0.1, 0.15) is 31.2 Å². The Balaban J connectivity index is 1.81. The number of fused-ring (bicyclic) bond motifs is 2. The van der Waals surface area contributed by atoms with Gasteiger partial charge in [0.05, 0.1) is 10.5 Å². The van der Waals surface area contributed by atoms with E-state index < -0.39 is 38.4 Å². The summed E-state index contributed by atoms with van der Waals surface area (Å²) in [7, 11) is -3.18. The molecule has 0 N–H and O–H groups in total. The summed E-state index contributed by atoms with van der Waals surface area (Å²) in [6.07, 6.45) is -7.15. The highest BCUT2D eigenvalue weighted by Crippen LogP contribution is 2.40. The number of sulfone groups is 1. The highest BCUT2D eigenvalue weighted by molar-refractivity contribution is 7.93. The fraction of sp³-hybridized carbons (Fsp3) is 0.500. The van der Waals surface area contributed by atoms with Crippen LogP contribution in [0.4, 0.5) is 22.0 Å². The van der Waals surface area contributed by atoms with Crippen molar-refractivity contribution in [1.82, 2.24) is 0 Å². The van der Waals surface area contributed by atoms with E-state index in [1.54, 1.807) is 6.08 Å². The van der Waals surface area contributed by atoms with Crippen LogP contribution in [0.15, 0.2) is 30.3 Å². The van der Waals surface area contributed by atoms with Crippen molar-refractivity contribution in [3.63, 3.8) is 0 Å². The number of rotatable bonds is 3. The molecule has 3 nitrogen and oxygen atoms in total. The molecule has 0 spiro atoms. The van der Waals surface area contributed by atoms with E-state index in [1.165, 1.54) is 12.1 Å². The van der Waals surface area contributed by atoms with Crippen LogP contribution in [-0.4, -0.2) is 31.2 Å². The minimum absolute atomic E-state index is 0.317. The van der Waals surface area contributed by atoms with Crippen LogP contribution in [0.25, 0.3) is 5.57 Å². The minimum Gasteiger partial charge on any atom is -0.426 e. The maximum atomic E-state index is 12.9. The largest absolute Gasteiger partial charge is 0.499 e. The van der Waals surface area contributed by atoms with Crippen molar-refractivity contribution in [2.24, 2.45) is 0 Å². The standard InChI is InChI=1S/C16H15F5O3S/c17-15(18,19)16(20,21)24-12-6-4-10(5-7-12)11-8-13-2-1-3-14(9-11)25(13,22)23/h4-8,13-14H,1-3,9H2. The van der Waals surface area contributed by atoms with E-state index in [0.29, 0.717) is 24.8 Å². The molecule has 2 bridgehead atoms. The van der Waals surface area contributed by atoms with Crippen LogP contribution < -0.4 is 4.74 Å². The quantitative estimate of drug-likeness (QED) is 0.731. The first-order chi connectivity index (χ1) is 11.5. The van der Waals surface area contributed by atoms with Gasteiger partial charge in [0.15, 0.2) is 9.84 Å². The average molecular weight is 382 g/mol. The zero-order valence-corrected chi connectivity index (χ0v) is 13.7. The van der Waals surface area contributed by atoms with Gasteiger partial charge in [-0.15, -0.1) is 0 Å². The molecule has 0 aromatic heterocycles. The lowest BCUT2D eigenvalue weighted by molar-refractivity contribution is -0.360. The van der Waals surface area contributed by atoms with Gasteiger partial charge in [-0.05, 0) is 42.5 Å². The second-order valence-corrected chi connectivity index (χ2v) is 8.67. The molecule has 1 aromatic carbocycles. The van der Waals surface area contributed by atoms with Gasteiger partial charge in [0.1, 0.15) is 5.75 Å². The van der Waals surface area contributed by atoms with Crippen LogP contribution in [0, 0.1) is 0 Å². The molecule has 0 aliphatic carbocycles. The first kappa shape index (κ1) is 18.2. The summed E-state index contributed by atoms with van der Waals surface area (Å²) in [6.45, 7) is 0. The molecule has 0 radical (unpaired) electrons. The van der Waals surface area contributed by atoms with Crippen molar-refractivity contribution in [3.05, 3.63) is 35.9 Å². The smallest absolute Gasteiger partial charge is 0.426 e. The third-order valence-electron chi connectivity index (χ3n) is 4.54. The van der Waals surface area contributed by atoms with Crippen LogP contribution in [0.3, 0.4) is 0 Å². The van der Waals surface area contributed by atoms with Gasteiger partial charge < -0.3 is 4.74 Å². The summed E-state index contributed by atoms with van der Waals surface area (Å²) in [5, 5.41) is -1.02. The normalized spacial score (nSPS) is 26.0. The molecule has 1 aromatic rings. The molecule has 1 fully saturated rings. The number of alkyl halides is 5. The second-order valence-electron chi connectivity index (χ2n) is 6.22. The maximum absolute atomic E-state index is 12.9. The molecule has 2 heterocycles. The van der Waals surface area contributed by atoms with E-state index in [1.807, 2.05) is 0 Å². The molecule has 2 atom stereocenters. The van der Waals surface area contributed by atoms with Crippen LogP contribution >= 0.6 is 0 Å². The molecule has 0 saturated carbocycles. The predicted molar refractivity (Wildman–Crippen MR) is 81.0 cm³/mol. The lowest BCUT2D eigenvalue weighted by atomic mass is 9.93. The van der Waals surface area contributed by atoms with Gasteiger partial charge in [-0.2, -0.15) is 22.0 Å². The summed E-state index contributed by atoms with van der Waals surface area (Å²) < 4.78 is 90.4. The topological polar surface area (TPSA) is 43.4 Å². The van der Waals surface area contributed by atoms with Crippen LogP contribution in [0.2, 0.25) is 0 Å². The number of ether oxygens (including phenoxy) is 1. The Morgan fingerprint density at radius 1 is 1.00 bits per heavy atom. The average Bonchev–Trinajstić information content (AvgIpc) is 2.45. The maximum Gasteiger partial charge on any atom is 0.499 e. The molecule has 9 heteroatoms. The fourth-order valence-corrected chi connectivity index (χ4v) is 5.46.